The van der Waals surface area contributed by atoms with E-state index in [0.29, 0.717) is 18.5 Å². The number of carbonyl (C=O) groups excluding carboxylic acids is 1. The summed E-state index contributed by atoms with van der Waals surface area (Å²) in [4.78, 5) is 28.1. The first-order valence-electron chi connectivity index (χ1n) is 9.17. The largest absolute Gasteiger partial charge is 0.353 e. The van der Waals surface area contributed by atoms with Gasteiger partial charge in [0.25, 0.3) is 0 Å². The van der Waals surface area contributed by atoms with Crippen molar-refractivity contribution in [3.05, 3.63) is 17.8 Å². The Hall–Kier alpha value is -1.73. The minimum Gasteiger partial charge on any atom is -0.353 e. The summed E-state index contributed by atoms with van der Waals surface area (Å²) in [7, 11) is 0. The van der Waals surface area contributed by atoms with E-state index in [9.17, 15) is 4.79 Å². The number of piperazine rings is 1. The van der Waals surface area contributed by atoms with Crippen molar-refractivity contribution in [3.63, 3.8) is 0 Å². The number of anilines is 1. The van der Waals surface area contributed by atoms with Gasteiger partial charge in [-0.25, -0.2) is 9.97 Å². The molecule has 4 rings (SSSR count). The van der Waals surface area contributed by atoms with Crippen LogP contribution >= 0.6 is 11.3 Å². The normalized spacial score (nSPS) is 22.5. The average Bonchev–Trinajstić information content (AvgIpc) is 3.11. The lowest BCUT2D eigenvalue weighted by Crippen LogP contribution is -2.52. The predicted molar refractivity (Wildman–Crippen MR) is 101 cm³/mol. The van der Waals surface area contributed by atoms with Crippen molar-refractivity contribution in [2.45, 2.75) is 32.2 Å². The van der Waals surface area contributed by atoms with Gasteiger partial charge < -0.3 is 9.80 Å². The van der Waals surface area contributed by atoms with E-state index >= 15 is 0 Å². The van der Waals surface area contributed by atoms with Crippen LogP contribution in [-0.2, 0) is 4.79 Å². The summed E-state index contributed by atoms with van der Waals surface area (Å²) in [6.07, 6.45) is 5.19. The number of rotatable bonds is 3. The number of thiophene rings is 1. The summed E-state index contributed by atoms with van der Waals surface area (Å²) < 4.78 is 1.16. The standard InChI is InChI=1S/C18H25N5OS/c1-14-4-2-3-6-23(14)16(24)12-21-7-9-22(10-8-21)18-17-15(5-11-25-17)19-13-20-18/h5,11,13-14H,2-4,6-10,12H2,1H3. The Balaban J connectivity index is 1.35. The van der Waals surface area contributed by atoms with Crippen LogP contribution in [0.4, 0.5) is 5.82 Å². The molecule has 2 saturated heterocycles. The van der Waals surface area contributed by atoms with Gasteiger partial charge in [0.05, 0.1) is 16.8 Å². The summed E-state index contributed by atoms with van der Waals surface area (Å²) in [5.41, 5.74) is 1.02. The lowest BCUT2D eigenvalue weighted by atomic mass is 10.0. The highest BCUT2D eigenvalue weighted by atomic mass is 32.1. The van der Waals surface area contributed by atoms with Crippen LogP contribution in [-0.4, -0.2) is 71.0 Å². The number of piperidine rings is 1. The molecule has 1 atom stereocenters. The summed E-state index contributed by atoms with van der Waals surface area (Å²) in [5.74, 6) is 1.33. The molecule has 0 saturated carbocycles. The van der Waals surface area contributed by atoms with Crippen LogP contribution in [0.3, 0.4) is 0 Å². The second kappa shape index (κ2) is 7.25. The topological polar surface area (TPSA) is 52.6 Å². The first-order valence-corrected chi connectivity index (χ1v) is 10.1. The Bertz CT molecular complexity index is 740. The molecular formula is C18H25N5OS. The summed E-state index contributed by atoms with van der Waals surface area (Å²) in [5, 5.41) is 2.07. The quantitative estimate of drug-likeness (QED) is 0.841. The number of amides is 1. The van der Waals surface area contributed by atoms with Gasteiger partial charge in [-0.15, -0.1) is 11.3 Å². The molecule has 1 amide bonds. The summed E-state index contributed by atoms with van der Waals surface area (Å²) >= 11 is 1.70. The fraction of sp³-hybridized carbons (Fsp3) is 0.611. The van der Waals surface area contributed by atoms with Gasteiger partial charge in [-0.3, -0.25) is 9.69 Å². The van der Waals surface area contributed by atoms with Gasteiger partial charge in [-0.05, 0) is 37.6 Å². The van der Waals surface area contributed by atoms with Crippen molar-refractivity contribution in [1.82, 2.24) is 19.8 Å². The van der Waals surface area contributed by atoms with E-state index in [2.05, 4.69) is 37.0 Å². The second-order valence-electron chi connectivity index (χ2n) is 7.03. The maximum atomic E-state index is 12.6. The van der Waals surface area contributed by atoms with E-state index in [1.807, 2.05) is 6.07 Å². The van der Waals surface area contributed by atoms with E-state index in [1.54, 1.807) is 17.7 Å². The molecule has 0 spiro atoms. The molecule has 6 nitrogen and oxygen atoms in total. The monoisotopic (exact) mass is 359 g/mol. The number of likely N-dealkylation sites (tertiary alicyclic amines) is 1. The molecule has 2 aromatic heterocycles. The average molecular weight is 359 g/mol. The smallest absolute Gasteiger partial charge is 0.236 e. The van der Waals surface area contributed by atoms with Crippen LogP contribution in [0, 0.1) is 0 Å². The van der Waals surface area contributed by atoms with Gasteiger partial charge >= 0.3 is 0 Å². The van der Waals surface area contributed by atoms with Gasteiger partial charge in [0, 0.05) is 38.8 Å². The van der Waals surface area contributed by atoms with Crippen molar-refractivity contribution in [3.8, 4) is 0 Å². The van der Waals surface area contributed by atoms with Gasteiger partial charge in [-0.1, -0.05) is 0 Å². The first kappa shape index (κ1) is 16.7. The van der Waals surface area contributed by atoms with Crippen LogP contribution < -0.4 is 4.90 Å². The van der Waals surface area contributed by atoms with Crippen LogP contribution in [0.1, 0.15) is 26.2 Å². The fourth-order valence-electron chi connectivity index (χ4n) is 3.87. The Kier molecular flexibility index (Phi) is 4.85. The maximum Gasteiger partial charge on any atom is 0.236 e. The highest BCUT2D eigenvalue weighted by Crippen LogP contribution is 2.28. The fourth-order valence-corrected chi connectivity index (χ4v) is 4.73. The van der Waals surface area contributed by atoms with Crippen molar-refractivity contribution in [2.24, 2.45) is 0 Å². The number of hydrogen-bond acceptors (Lipinski definition) is 6. The lowest BCUT2D eigenvalue weighted by Gasteiger charge is -2.38. The molecule has 0 radical (unpaired) electrons. The molecule has 0 N–H and O–H groups in total. The van der Waals surface area contributed by atoms with E-state index in [-0.39, 0.29) is 0 Å². The molecule has 2 aromatic rings. The molecule has 0 aliphatic carbocycles. The molecule has 4 heterocycles. The molecule has 7 heteroatoms. The molecule has 25 heavy (non-hydrogen) atoms. The van der Waals surface area contributed by atoms with E-state index in [4.69, 9.17) is 0 Å². The second-order valence-corrected chi connectivity index (χ2v) is 7.94. The Morgan fingerprint density at radius 1 is 1.20 bits per heavy atom. The third kappa shape index (κ3) is 3.48. The molecular weight excluding hydrogens is 334 g/mol. The van der Waals surface area contributed by atoms with Crippen molar-refractivity contribution >= 4 is 33.3 Å². The zero-order chi connectivity index (χ0) is 17.2. The lowest BCUT2D eigenvalue weighted by molar-refractivity contribution is -0.135. The van der Waals surface area contributed by atoms with E-state index in [0.717, 1.165) is 61.6 Å². The van der Waals surface area contributed by atoms with Crippen molar-refractivity contribution < 1.29 is 4.79 Å². The highest BCUT2D eigenvalue weighted by Gasteiger charge is 2.27. The molecule has 2 aliphatic rings. The molecule has 134 valence electrons. The Labute approximate surface area is 152 Å². The minimum absolute atomic E-state index is 0.295. The maximum absolute atomic E-state index is 12.6. The Morgan fingerprint density at radius 2 is 2.04 bits per heavy atom. The van der Waals surface area contributed by atoms with Gasteiger partial charge in [0.2, 0.25) is 5.91 Å². The van der Waals surface area contributed by atoms with Crippen molar-refractivity contribution in [1.29, 1.82) is 0 Å². The highest BCUT2D eigenvalue weighted by molar-refractivity contribution is 7.17. The van der Waals surface area contributed by atoms with E-state index in [1.165, 1.54) is 6.42 Å². The molecule has 1 unspecified atom stereocenters. The third-order valence-corrected chi connectivity index (χ3v) is 6.28. The van der Waals surface area contributed by atoms with Crippen molar-refractivity contribution in [2.75, 3.05) is 44.2 Å². The molecule has 2 aliphatic heterocycles. The molecule has 0 aromatic carbocycles. The number of fused-ring (bicyclic) bond motifs is 1. The number of nitrogens with zero attached hydrogens (tertiary/aromatic N) is 5. The number of carbonyl (C=O) groups is 1. The van der Waals surface area contributed by atoms with Gasteiger partial charge in [-0.2, -0.15) is 0 Å². The van der Waals surface area contributed by atoms with Gasteiger partial charge in [0.15, 0.2) is 0 Å². The number of aromatic nitrogens is 2. The molecule has 2 fully saturated rings. The third-order valence-electron chi connectivity index (χ3n) is 5.38. The van der Waals surface area contributed by atoms with Gasteiger partial charge in [0.1, 0.15) is 12.1 Å². The van der Waals surface area contributed by atoms with E-state index < -0.39 is 0 Å². The number of hydrogen-bond donors (Lipinski definition) is 0. The SMILES string of the molecule is CC1CCCCN1C(=O)CN1CCN(c2ncnc3ccsc23)CC1. The predicted octanol–water partition coefficient (Wildman–Crippen LogP) is 2.21. The zero-order valence-electron chi connectivity index (χ0n) is 14.7. The van der Waals surface area contributed by atoms with Crippen LogP contribution in [0.15, 0.2) is 17.8 Å². The summed E-state index contributed by atoms with van der Waals surface area (Å²) in [6, 6.07) is 2.44. The van der Waals surface area contributed by atoms with Crippen LogP contribution in [0.5, 0.6) is 0 Å². The molecule has 0 bridgehead atoms. The van der Waals surface area contributed by atoms with Crippen LogP contribution in [0.25, 0.3) is 10.2 Å². The minimum atomic E-state index is 0.295. The zero-order valence-corrected chi connectivity index (χ0v) is 15.5. The van der Waals surface area contributed by atoms with Crippen LogP contribution in [0.2, 0.25) is 0 Å². The first-order chi connectivity index (χ1) is 12.2. The summed E-state index contributed by atoms with van der Waals surface area (Å²) in [6.45, 7) is 7.29. The Morgan fingerprint density at radius 3 is 2.84 bits per heavy atom.